The van der Waals surface area contributed by atoms with Crippen LogP contribution in [-0.4, -0.2) is 32.3 Å². The predicted octanol–water partition coefficient (Wildman–Crippen LogP) is 2.02. The van der Waals surface area contributed by atoms with E-state index in [0.717, 1.165) is 24.4 Å². The summed E-state index contributed by atoms with van der Waals surface area (Å²) in [7, 11) is 1.42. The Morgan fingerprint density at radius 2 is 2.15 bits per heavy atom. The van der Waals surface area contributed by atoms with E-state index in [1.54, 1.807) is 0 Å². The molecule has 0 bridgehead atoms. The van der Waals surface area contributed by atoms with Gasteiger partial charge in [-0.1, -0.05) is 19.1 Å². The first-order valence-electron chi connectivity index (χ1n) is 7.14. The molecule has 0 spiro atoms. The van der Waals surface area contributed by atoms with Gasteiger partial charge in [0.25, 0.3) is 0 Å². The molecule has 0 amide bonds. The van der Waals surface area contributed by atoms with E-state index in [9.17, 15) is 4.79 Å². The van der Waals surface area contributed by atoms with Gasteiger partial charge in [-0.05, 0) is 31.0 Å². The van der Waals surface area contributed by atoms with Crippen molar-refractivity contribution in [3.05, 3.63) is 29.8 Å². The van der Waals surface area contributed by atoms with Crippen LogP contribution >= 0.6 is 0 Å². The molecular formula is C16H23NO3. The van der Waals surface area contributed by atoms with Gasteiger partial charge >= 0.3 is 5.97 Å². The van der Waals surface area contributed by atoms with E-state index in [1.807, 2.05) is 31.2 Å². The fourth-order valence-corrected chi connectivity index (χ4v) is 2.34. The van der Waals surface area contributed by atoms with Gasteiger partial charge in [-0.25, -0.2) is 0 Å². The second-order valence-corrected chi connectivity index (χ2v) is 5.52. The highest BCUT2D eigenvalue weighted by Crippen LogP contribution is 2.21. The predicted molar refractivity (Wildman–Crippen MR) is 77.8 cm³/mol. The van der Waals surface area contributed by atoms with Crippen molar-refractivity contribution in [2.24, 2.45) is 11.8 Å². The summed E-state index contributed by atoms with van der Waals surface area (Å²) in [6.07, 6.45) is 0.882. The molecule has 1 saturated heterocycles. The quantitative estimate of drug-likeness (QED) is 0.808. The minimum absolute atomic E-state index is 0.136. The zero-order chi connectivity index (χ0) is 14.5. The lowest BCUT2D eigenvalue weighted by molar-refractivity contribution is -0.144. The van der Waals surface area contributed by atoms with Gasteiger partial charge in [-0.15, -0.1) is 0 Å². The van der Waals surface area contributed by atoms with Gasteiger partial charge in [-0.2, -0.15) is 0 Å². The SMILES string of the molecule is COC(=O)C(C)Cc1cccc(OC(C)C2CNC2)c1. The number of nitrogens with one attached hydrogen (secondary N) is 1. The van der Waals surface area contributed by atoms with E-state index >= 15 is 0 Å². The minimum atomic E-state index is -0.176. The number of hydrogen-bond acceptors (Lipinski definition) is 4. The molecule has 0 saturated carbocycles. The molecule has 20 heavy (non-hydrogen) atoms. The Balaban J connectivity index is 1.94. The van der Waals surface area contributed by atoms with Crippen molar-refractivity contribution < 1.29 is 14.3 Å². The van der Waals surface area contributed by atoms with Crippen molar-refractivity contribution in [1.82, 2.24) is 5.32 Å². The number of methoxy groups -OCH3 is 1. The van der Waals surface area contributed by atoms with Crippen LogP contribution in [0.3, 0.4) is 0 Å². The first kappa shape index (κ1) is 14.9. The Bertz CT molecular complexity index is 457. The van der Waals surface area contributed by atoms with Crippen LogP contribution < -0.4 is 10.1 Å². The first-order chi connectivity index (χ1) is 9.60. The number of ether oxygens (including phenoxy) is 2. The first-order valence-corrected chi connectivity index (χ1v) is 7.14. The molecule has 2 atom stereocenters. The average Bonchev–Trinajstić information content (AvgIpc) is 2.35. The maximum absolute atomic E-state index is 11.5. The van der Waals surface area contributed by atoms with E-state index in [0.29, 0.717) is 12.3 Å². The molecular weight excluding hydrogens is 254 g/mol. The maximum Gasteiger partial charge on any atom is 0.308 e. The van der Waals surface area contributed by atoms with Crippen LogP contribution in [0.1, 0.15) is 19.4 Å². The van der Waals surface area contributed by atoms with E-state index < -0.39 is 0 Å². The number of carbonyl (C=O) groups is 1. The number of carbonyl (C=O) groups excluding carboxylic acids is 1. The Morgan fingerprint density at radius 1 is 1.40 bits per heavy atom. The number of rotatable bonds is 6. The molecule has 4 heteroatoms. The molecule has 1 aromatic carbocycles. The Labute approximate surface area is 120 Å². The molecule has 1 N–H and O–H groups in total. The lowest BCUT2D eigenvalue weighted by Crippen LogP contribution is -2.49. The summed E-state index contributed by atoms with van der Waals surface area (Å²) in [5, 5.41) is 3.25. The molecule has 1 aliphatic rings. The molecule has 4 nitrogen and oxygen atoms in total. The summed E-state index contributed by atoms with van der Waals surface area (Å²) in [6.45, 7) is 6.04. The van der Waals surface area contributed by atoms with Gasteiger partial charge in [0, 0.05) is 19.0 Å². The van der Waals surface area contributed by atoms with Gasteiger partial charge in [0.1, 0.15) is 11.9 Å². The lowest BCUT2D eigenvalue weighted by atomic mass is 9.97. The zero-order valence-electron chi connectivity index (χ0n) is 12.4. The summed E-state index contributed by atoms with van der Waals surface area (Å²) in [5.41, 5.74) is 1.10. The lowest BCUT2D eigenvalue weighted by Gasteiger charge is -2.32. The highest BCUT2D eigenvalue weighted by molar-refractivity contribution is 5.72. The molecule has 2 unspecified atom stereocenters. The van der Waals surface area contributed by atoms with Crippen LogP contribution in [0, 0.1) is 11.8 Å². The second kappa shape index (κ2) is 6.75. The highest BCUT2D eigenvalue weighted by Gasteiger charge is 2.25. The second-order valence-electron chi connectivity index (χ2n) is 5.52. The van der Waals surface area contributed by atoms with Crippen LogP contribution in [0.5, 0.6) is 5.75 Å². The molecule has 2 rings (SSSR count). The molecule has 1 aromatic rings. The third-order valence-corrected chi connectivity index (χ3v) is 3.84. The van der Waals surface area contributed by atoms with Crippen LogP contribution in [0.15, 0.2) is 24.3 Å². The van der Waals surface area contributed by atoms with Gasteiger partial charge in [0.15, 0.2) is 0 Å². The number of hydrogen-bond donors (Lipinski definition) is 1. The Morgan fingerprint density at radius 3 is 2.75 bits per heavy atom. The molecule has 0 radical (unpaired) electrons. The van der Waals surface area contributed by atoms with Crippen molar-refractivity contribution in [1.29, 1.82) is 0 Å². The summed E-state index contributed by atoms with van der Waals surface area (Å²) < 4.78 is 10.7. The Hall–Kier alpha value is -1.55. The van der Waals surface area contributed by atoms with Crippen LogP contribution in [0.4, 0.5) is 0 Å². The van der Waals surface area contributed by atoms with Crippen molar-refractivity contribution in [2.45, 2.75) is 26.4 Å². The summed E-state index contributed by atoms with van der Waals surface area (Å²) in [5.74, 6) is 1.15. The molecule has 1 aliphatic heterocycles. The third kappa shape index (κ3) is 3.73. The molecule has 0 aliphatic carbocycles. The fraction of sp³-hybridized carbons (Fsp3) is 0.562. The summed E-state index contributed by atoms with van der Waals surface area (Å²) in [6, 6.07) is 7.97. The van der Waals surface area contributed by atoms with Gasteiger partial charge in [0.05, 0.1) is 13.0 Å². The van der Waals surface area contributed by atoms with E-state index in [2.05, 4.69) is 12.2 Å². The molecule has 1 heterocycles. The smallest absolute Gasteiger partial charge is 0.308 e. The Kier molecular flexibility index (Phi) is 5.01. The van der Waals surface area contributed by atoms with Gasteiger partial charge < -0.3 is 14.8 Å². The standard InChI is InChI=1S/C16H23NO3/c1-11(16(18)19-3)7-13-5-4-6-15(8-13)20-12(2)14-9-17-10-14/h4-6,8,11-12,14,17H,7,9-10H2,1-3H3. The molecule has 0 aromatic heterocycles. The summed E-state index contributed by atoms with van der Waals surface area (Å²) in [4.78, 5) is 11.5. The van der Waals surface area contributed by atoms with Crippen molar-refractivity contribution in [3.8, 4) is 5.75 Å². The highest BCUT2D eigenvalue weighted by atomic mass is 16.5. The van der Waals surface area contributed by atoms with E-state index in [4.69, 9.17) is 9.47 Å². The van der Waals surface area contributed by atoms with Crippen molar-refractivity contribution in [3.63, 3.8) is 0 Å². The molecule has 1 fully saturated rings. The third-order valence-electron chi connectivity index (χ3n) is 3.84. The molecule has 110 valence electrons. The zero-order valence-corrected chi connectivity index (χ0v) is 12.4. The van der Waals surface area contributed by atoms with E-state index in [1.165, 1.54) is 7.11 Å². The monoisotopic (exact) mass is 277 g/mol. The van der Waals surface area contributed by atoms with Crippen LogP contribution in [0.25, 0.3) is 0 Å². The minimum Gasteiger partial charge on any atom is -0.490 e. The topological polar surface area (TPSA) is 47.6 Å². The average molecular weight is 277 g/mol. The largest absolute Gasteiger partial charge is 0.490 e. The van der Waals surface area contributed by atoms with Crippen molar-refractivity contribution in [2.75, 3.05) is 20.2 Å². The number of benzene rings is 1. The van der Waals surface area contributed by atoms with Gasteiger partial charge in [-0.3, -0.25) is 4.79 Å². The summed E-state index contributed by atoms with van der Waals surface area (Å²) >= 11 is 0. The number of esters is 1. The van der Waals surface area contributed by atoms with Crippen LogP contribution in [0.2, 0.25) is 0 Å². The maximum atomic E-state index is 11.5. The normalized spacial score (nSPS) is 17.9. The van der Waals surface area contributed by atoms with Crippen molar-refractivity contribution >= 4 is 5.97 Å². The van der Waals surface area contributed by atoms with Crippen LogP contribution in [-0.2, 0) is 16.0 Å². The fourth-order valence-electron chi connectivity index (χ4n) is 2.34. The van der Waals surface area contributed by atoms with Gasteiger partial charge in [0.2, 0.25) is 0 Å². The van der Waals surface area contributed by atoms with E-state index in [-0.39, 0.29) is 18.0 Å².